The molecule has 3 aromatic rings. The molecule has 1 unspecified atom stereocenters. The SMILES string of the molecule is CC1(C)OB(c2ccc(-c3cnn(PI)c3)c3cc[nH]c23)OC1(C)C. The van der Waals surface area contributed by atoms with Crippen molar-refractivity contribution >= 4 is 51.9 Å². The molecule has 1 atom stereocenters. The second-order valence-electron chi connectivity index (χ2n) is 7.32. The lowest BCUT2D eigenvalue weighted by Gasteiger charge is -2.32. The molecule has 0 bridgehead atoms. The Balaban J connectivity index is 1.79. The van der Waals surface area contributed by atoms with E-state index in [4.69, 9.17) is 9.31 Å². The highest BCUT2D eigenvalue weighted by molar-refractivity contribution is 14.2. The van der Waals surface area contributed by atoms with Crippen molar-refractivity contribution in [1.29, 1.82) is 0 Å². The van der Waals surface area contributed by atoms with Crippen molar-refractivity contribution in [2.45, 2.75) is 38.9 Å². The first-order chi connectivity index (χ1) is 11.8. The second-order valence-corrected chi connectivity index (χ2v) is 9.39. The molecule has 25 heavy (non-hydrogen) atoms. The summed E-state index contributed by atoms with van der Waals surface area (Å²) in [6.07, 6.45) is 6.57. The maximum atomic E-state index is 6.24. The molecule has 4 rings (SSSR count). The molecule has 130 valence electrons. The first kappa shape index (κ1) is 17.5. The predicted molar refractivity (Wildman–Crippen MR) is 113 cm³/mol. The van der Waals surface area contributed by atoms with Crippen LogP contribution in [-0.2, 0) is 9.31 Å². The Hall–Kier alpha value is -0.885. The average molecular weight is 467 g/mol. The third-order valence-corrected chi connectivity index (χ3v) is 7.14. The molecule has 3 heterocycles. The van der Waals surface area contributed by atoms with E-state index < -0.39 is 0 Å². The molecule has 1 aliphatic heterocycles. The van der Waals surface area contributed by atoms with E-state index in [0.717, 1.165) is 27.5 Å². The first-order valence-electron chi connectivity index (χ1n) is 8.20. The van der Waals surface area contributed by atoms with Crippen LogP contribution in [0.1, 0.15) is 27.7 Å². The van der Waals surface area contributed by atoms with Crippen molar-refractivity contribution in [3.05, 3.63) is 36.8 Å². The second kappa shape index (κ2) is 6.08. The van der Waals surface area contributed by atoms with Crippen LogP contribution < -0.4 is 5.46 Å². The monoisotopic (exact) mass is 467 g/mol. The molecule has 5 nitrogen and oxygen atoms in total. The lowest BCUT2D eigenvalue weighted by atomic mass is 9.77. The summed E-state index contributed by atoms with van der Waals surface area (Å²) in [5.74, 6) is 0. The van der Waals surface area contributed by atoms with Gasteiger partial charge in [0.05, 0.1) is 23.8 Å². The van der Waals surface area contributed by atoms with Crippen LogP contribution in [0.3, 0.4) is 0 Å². The van der Waals surface area contributed by atoms with Gasteiger partial charge in [-0.05, 0) is 61.4 Å². The van der Waals surface area contributed by atoms with E-state index in [2.05, 4.69) is 84.2 Å². The summed E-state index contributed by atoms with van der Waals surface area (Å²) in [4.78, 5) is 3.36. The molecule has 1 saturated heterocycles. The Bertz CT molecular complexity index is 921. The number of aromatic amines is 1. The van der Waals surface area contributed by atoms with Gasteiger partial charge in [-0.15, -0.1) is 0 Å². The number of nitrogens with one attached hydrogen (secondary N) is 1. The Kier molecular flexibility index (Phi) is 4.26. The summed E-state index contributed by atoms with van der Waals surface area (Å²) in [6, 6.07) is 6.33. The van der Waals surface area contributed by atoms with E-state index in [0.29, 0.717) is 6.37 Å². The van der Waals surface area contributed by atoms with Crippen molar-refractivity contribution in [3.8, 4) is 11.1 Å². The molecule has 1 fully saturated rings. The number of aromatic nitrogens is 3. The van der Waals surface area contributed by atoms with Gasteiger partial charge in [-0.1, -0.05) is 12.1 Å². The summed E-state index contributed by atoms with van der Waals surface area (Å²) >= 11 is 2.33. The van der Waals surface area contributed by atoms with Crippen LogP contribution >= 0.6 is 28.4 Å². The fraction of sp³-hybridized carbons (Fsp3) is 0.353. The predicted octanol–water partition coefficient (Wildman–Crippen LogP) is 4.12. The number of nitrogens with zero attached hydrogens (tertiary/aromatic N) is 2. The van der Waals surface area contributed by atoms with Gasteiger partial charge in [0.25, 0.3) is 0 Å². The summed E-state index contributed by atoms with van der Waals surface area (Å²) in [5, 5.41) is 5.56. The van der Waals surface area contributed by atoms with E-state index in [-0.39, 0.29) is 18.3 Å². The zero-order valence-corrected chi connectivity index (χ0v) is 17.8. The molecule has 1 aliphatic rings. The van der Waals surface area contributed by atoms with Crippen LogP contribution in [0.25, 0.3) is 22.0 Å². The molecule has 0 spiro atoms. The van der Waals surface area contributed by atoms with E-state index in [1.807, 2.05) is 16.8 Å². The van der Waals surface area contributed by atoms with Gasteiger partial charge < -0.3 is 14.3 Å². The molecule has 0 aliphatic carbocycles. The lowest BCUT2D eigenvalue weighted by molar-refractivity contribution is 0.00578. The van der Waals surface area contributed by atoms with Gasteiger partial charge in [0.2, 0.25) is 0 Å². The standard InChI is InChI=1S/C17H20BIN3O2P/c1-16(2)17(3,4)24-18(23-16)14-6-5-12(13-7-8-20-15(13)14)11-9-21-22(10-11)25-19/h5-10,20,25H,1-4H3. The minimum absolute atomic E-state index is 0.350. The zero-order chi connectivity index (χ0) is 17.8. The van der Waals surface area contributed by atoms with Gasteiger partial charge in [-0.25, -0.2) is 4.45 Å². The topological polar surface area (TPSA) is 52.1 Å². The van der Waals surface area contributed by atoms with Crippen molar-refractivity contribution in [1.82, 2.24) is 14.5 Å². The van der Waals surface area contributed by atoms with Crippen molar-refractivity contribution in [2.24, 2.45) is 0 Å². The minimum atomic E-state index is -0.376. The number of halogens is 1. The quantitative estimate of drug-likeness (QED) is 0.359. The van der Waals surface area contributed by atoms with Gasteiger partial charge in [0.15, 0.2) is 0 Å². The maximum Gasteiger partial charge on any atom is 0.497 e. The smallest absolute Gasteiger partial charge is 0.399 e. The molecule has 0 saturated carbocycles. The van der Waals surface area contributed by atoms with Crippen LogP contribution in [-0.4, -0.2) is 32.9 Å². The van der Waals surface area contributed by atoms with Gasteiger partial charge in [-0.3, -0.25) is 0 Å². The van der Waals surface area contributed by atoms with Crippen LogP contribution in [0.2, 0.25) is 0 Å². The Morgan fingerprint density at radius 1 is 1.16 bits per heavy atom. The lowest BCUT2D eigenvalue weighted by Crippen LogP contribution is -2.41. The summed E-state index contributed by atoms with van der Waals surface area (Å²) in [7, 11) is -0.376. The van der Waals surface area contributed by atoms with Gasteiger partial charge >= 0.3 is 7.12 Å². The summed E-state index contributed by atoms with van der Waals surface area (Å²) < 4.78 is 14.4. The fourth-order valence-corrected chi connectivity index (χ4v) is 4.19. The van der Waals surface area contributed by atoms with Gasteiger partial charge in [-0.2, -0.15) is 5.10 Å². The minimum Gasteiger partial charge on any atom is -0.399 e. The highest BCUT2D eigenvalue weighted by atomic mass is 127. The van der Waals surface area contributed by atoms with E-state index in [9.17, 15) is 0 Å². The van der Waals surface area contributed by atoms with Crippen LogP contribution in [0.15, 0.2) is 36.8 Å². The third-order valence-electron chi connectivity index (χ3n) is 5.24. The van der Waals surface area contributed by atoms with Crippen molar-refractivity contribution in [3.63, 3.8) is 0 Å². The summed E-state index contributed by atoms with van der Waals surface area (Å²) in [6.45, 7) is 8.30. The Morgan fingerprint density at radius 3 is 2.52 bits per heavy atom. The first-order valence-corrected chi connectivity index (χ1v) is 12.3. The highest BCUT2D eigenvalue weighted by Gasteiger charge is 2.52. The molecule has 2 aromatic heterocycles. The zero-order valence-electron chi connectivity index (χ0n) is 14.6. The Morgan fingerprint density at radius 2 is 1.88 bits per heavy atom. The third kappa shape index (κ3) is 2.85. The number of H-pyrrole nitrogens is 1. The Labute approximate surface area is 162 Å². The number of rotatable bonds is 3. The van der Waals surface area contributed by atoms with E-state index in [1.165, 1.54) is 0 Å². The number of hydrogen-bond acceptors (Lipinski definition) is 3. The molecular formula is C17H20BIN3O2P. The van der Waals surface area contributed by atoms with Gasteiger partial charge in [0, 0.05) is 34.3 Å². The fourth-order valence-electron chi connectivity index (χ4n) is 3.11. The van der Waals surface area contributed by atoms with Crippen LogP contribution in [0.5, 0.6) is 0 Å². The summed E-state index contributed by atoms with van der Waals surface area (Å²) in [5.41, 5.74) is 3.67. The van der Waals surface area contributed by atoms with Crippen molar-refractivity contribution in [2.75, 3.05) is 0 Å². The van der Waals surface area contributed by atoms with Crippen LogP contribution in [0, 0.1) is 0 Å². The van der Waals surface area contributed by atoms with Crippen molar-refractivity contribution < 1.29 is 9.31 Å². The number of benzene rings is 1. The average Bonchev–Trinajstić information content (AvgIpc) is 3.25. The molecular weight excluding hydrogens is 447 g/mol. The number of hydrogen-bond donors (Lipinski definition) is 1. The molecule has 1 N–H and O–H groups in total. The molecule has 0 amide bonds. The normalized spacial score (nSPS) is 19.5. The molecule has 1 aromatic carbocycles. The molecule has 8 heteroatoms. The van der Waals surface area contributed by atoms with E-state index >= 15 is 0 Å². The largest absolute Gasteiger partial charge is 0.497 e. The van der Waals surface area contributed by atoms with E-state index in [1.54, 1.807) is 0 Å². The highest BCUT2D eigenvalue weighted by Crippen LogP contribution is 2.38. The maximum absolute atomic E-state index is 6.24. The van der Waals surface area contributed by atoms with Gasteiger partial charge in [0.1, 0.15) is 0 Å². The van der Waals surface area contributed by atoms with Crippen LogP contribution in [0.4, 0.5) is 0 Å². The number of fused-ring (bicyclic) bond motifs is 1. The molecule has 0 radical (unpaired) electrons.